The summed E-state index contributed by atoms with van der Waals surface area (Å²) in [5.74, 6) is 1.05. The van der Waals surface area contributed by atoms with Gasteiger partial charge in [-0.2, -0.15) is 0 Å². The second-order valence-electron chi connectivity index (χ2n) is 4.40. The Hall–Kier alpha value is -0.570. The van der Waals surface area contributed by atoms with E-state index in [4.69, 9.17) is 11.5 Å². The van der Waals surface area contributed by atoms with Crippen LogP contribution in [0.4, 0.5) is 0 Å². The zero-order valence-corrected chi connectivity index (χ0v) is 9.08. The highest BCUT2D eigenvalue weighted by molar-refractivity contribution is 5.74. The van der Waals surface area contributed by atoms with Crippen LogP contribution in [0.2, 0.25) is 0 Å². The zero-order valence-electron chi connectivity index (χ0n) is 9.08. The standard InChI is InChI=1S/C10H22N2O/c1-6(2)10(7(3)4)8(11)5-9(12)13/h6-8,10H,5,11H2,1-4H3,(H2,12,13)/t8-/m1/s1. The first kappa shape index (κ1) is 12.4. The molecule has 13 heavy (non-hydrogen) atoms. The monoisotopic (exact) mass is 186 g/mol. The van der Waals surface area contributed by atoms with Crippen molar-refractivity contribution in [1.29, 1.82) is 0 Å². The van der Waals surface area contributed by atoms with Crippen molar-refractivity contribution < 1.29 is 4.79 Å². The van der Waals surface area contributed by atoms with Gasteiger partial charge < -0.3 is 11.5 Å². The van der Waals surface area contributed by atoms with E-state index < -0.39 is 0 Å². The molecule has 0 spiro atoms. The number of rotatable bonds is 5. The fraction of sp³-hybridized carbons (Fsp3) is 0.900. The molecular weight excluding hydrogens is 164 g/mol. The third-order valence-corrected chi connectivity index (χ3v) is 2.47. The van der Waals surface area contributed by atoms with Gasteiger partial charge in [-0.3, -0.25) is 4.79 Å². The van der Waals surface area contributed by atoms with E-state index in [-0.39, 0.29) is 11.9 Å². The maximum atomic E-state index is 10.7. The van der Waals surface area contributed by atoms with Gasteiger partial charge in [0, 0.05) is 12.5 Å². The van der Waals surface area contributed by atoms with Crippen molar-refractivity contribution in [2.24, 2.45) is 29.2 Å². The number of carbonyl (C=O) groups is 1. The fourth-order valence-electron chi connectivity index (χ4n) is 2.13. The van der Waals surface area contributed by atoms with Crippen LogP contribution in [0.1, 0.15) is 34.1 Å². The molecule has 0 radical (unpaired) electrons. The van der Waals surface area contributed by atoms with Crippen LogP contribution >= 0.6 is 0 Å². The summed E-state index contributed by atoms with van der Waals surface area (Å²) in [7, 11) is 0. The molecule has 1 amide bonds. The Kier molecular flexibility index (Phi) is 4.99. The van der Waals surface area contributed by atoms with Crippen LogP contribution in [0.5, 0.6) is 0 Å². The Morgan fingerprint density at radius 2 is 1.54 bits per heavy atom. The molecule has 3 heteroatoms. The van der Waals surface area contributed by atoms with E-state index in [1.165, 1.54) is 0 Å². The summed E-state index contributed by atoms with van der Waals surface area (Å²) in [5.41, 5.74) is 11.0. The second-order valence-corrected chi connectivity index (χ2v) is 4.40. The summed E-state index contributed by atoms with van der Waals surface area (Å²) < 4.78 is 0. The van der Waals surface area contributed by atoms with Crippen LogP contribution < -0.4 is 11.5 Å². The maximum absolute atomic E-state index is 10.7. The molecule has 0 rings (SSSR count). The number of primary amides is 1. The molecule has 0 aromatic carbocycles. The molecule has 0 heterocycles. The summed E-state index contributed by atoms with van der Waals surface area (Å²) >= 11 is 0. The molecule has 0 bridgehead atoms. The average Bonchev–Trinajstić information content (AvgIpc) is 1.81. The highest BCUT2D eigenvalue weighted by atomic mass is 16.1. The van der Waals surface area contributed by atoms with Crippen LogP contribution in [0.3, 0.4) is 0 Å². The largest absolute Gasteiger partial charge is 0.370 e. The second kappa shape index (κ2) is 5.22. The zero-order chi connectivity index (χ0) is 10.6. The van der Waals surface area contributed by atoms with Gasteiger partial charge >= 0.3 is 0 Å². The first-order valence-electron chi connectivity index (χ1n) is 4.90. The number of nitrogens with two attached hydrogens (primary N) is 2. The van der Waals surface area contributed by atoms with E-state index in [1.54, 1.807) is 0 Å². The SMILES string of the molecule is CC(C)C(C(C)C)[C@H](N)CC(N)=O. The minimum Gasteiger partial charge on any atom is -0.370 e. The molecule has 0 fully saturated rings. The van der Waals surface area contributed by atoms with Gasteiger partial charge in [-0.1, -0.05) is 27.7 Å². The lowest BCUT2D eigenvalue weighted by molar-refractivity contribution is -0.118. The molecule has 1 atom stereocenters. The molecule has 3 nitrogen and oxygen atoms in total. The smallest absolute Gasteiger partial charge is 0.218 e. The van der Waals surface area contributed by atoms with Gasteiger partial charge in [0.25, 0.3) is 0 Å². The third kappa shape index (κ3) is 4.27. The van der Waals surface area contributed by atoms with Crippen molar-refractivity contribution in [3.8, 4) is 0 Å². The van der Waals surface area contributed by atoms with Crippen molar-refractivity contribution in [3.63, 3.8) is 0 Å². The van der Waals surface area contributed by atoms with Crippen molar-refractivity contribution in [2.45, 2.75) is 40.2 Å². The summed E-state index contributed by atoms with van der Waals surface area (Å²) in [6.07, 6.45) is 0.293. The van der Waals surface area contributed by atoms with Gasteiger partial charge in [-0.15, -0.1) is 0 Å². The third-order valence-electron chi connectivity index (χ3n) is 2.47. The number of hydrogen-bond donors (Lipinski definition) is 2. The molecule has 0 aromatic rings. The lowest BCUT2D eigenvalue weighted by Crippen LogP contribution is -2.39. The van der Waals surface area contributed by atoms with Crippen LogP contribution in [0.15, 0.2) is 0 Å². The molecule has 0 aliphatic heterocycles. The number of carbonyl (C=O) groups excluding carboxylic acids is 1. The van der Waals surface area contributed by atoms with E-state index in [1.807, 2.05) is 0 Å². The Morgan fingerprint density at radius 3 is 1.77 bits per heavy atom. The van der Waals surface area contributed by atoms with Crippen LogP contribution in [-0.4, -0.2) is 11.9 Å². The minimum absolute atomic E-state index is 0.0995. The predicted octanol–water partition coefficient (Wildman–Crippen LogP) is 1.12. The molecule has 0 saturated carbocycles. The molecule has 78 valence electrons. The minimum atomic E-state index is -0.307. The van der Waals surface area contributed by atoms with Crippen molar-refractivity contribution in [3.05, 3.63) is 0 Å². The number of amides is 1. The quantitative estimate of drug-likeness (QED) is 0.675. The van der Waals surface area contributed by atoms with Crippen LogP contribution in [-0.2, 0) is 4.79 Å². The van der Waals surface area contributed by atoms with E-state index in [9.17, 15) is 4.79 Å². The first-order chi connectivity index (χ1) is 5.86. The van der Waals surface area contributed by atoms with Gasteiger partial charge in [-0.25, -0.2) is 0 Å². The Bertz CT molecular complexity index is 158. The van der Waals surface area contributed by atoms with Crippen molar-refractivity contribution in [1.82, 2.24) is 0 Å². The molecule has 0 aliphatic rings. The van der Waals surface area contributed by atoms with Gasteiger partial charge in [0.2, 0.25) is 5.91 Å². The highest BCUT2D eigenvalue weighted by Crippen LogP contribution is 2.24. The van der Waals surface area contributed by atoms with E-state index in [0.717, 1.165) is 0 Å². The molecule has 4 N–H and O–H groups in total. The molecule has 0 aromatic heterocycles. The lowest BCUT2D eigenvalue weighted by atomic mass is 9.79. The Labute approximate surface area is 80.9 Å². The van der Waals surface area contributed by atoms with E-state index >= 15 is 0 Å². The van der Waals surface area contributed by atoms with E-state index in [0.29, 0.717) is 24.2 Å². The summed E-state index contributed by atoms with van der Waals surface area (Å²) in [5, 5.41) is 0. The van der Waals surface area contributed by atoms with Gasteiger partial charge in [-0.05, 0) is 17.8 Å². The van der Waals surface area contributed by atoms with E-state index in [2.05, 4.69) is 27.7 Å². The summed E-state index contributed by atoms with van der Waals surface area (Å²) in [4.78, 5) is 10.7. The van der Waals surface area contributed by atoms with Gasteiger partial charge in [0.1, 0.15) is 0 Å². The summed E-state index contributed by atoms with van der Waals surface area (Å²) in [6, 6.07) is -0.0995. The molecule has 0 saturated heterocycles. The first-order valence-corrected chi connectivity index (χ1v) is 4.90. The molecular formula is C10H22N2O. The Balaban J connectivity index is 4.28. The highest BCUT2D eigenvalue weighted by Gasteiger charge is 2.25. The fourth-order valence-corrected chi connectivity index (χ4v) is 2.13. The van der Waals surface area contributed by atoms with Crippen LogP contribution in [0.25, 0.3) is 0 Å². The lowest BCUT2D eigenvalue weighted by Gasteiger charge is -2.30. The summed E-state index contributed by atoms with van der Waals surface area (Å²) in [6.45, 7) is 8.52. The predicted molar refractivity (Wildman–Crippen MR) is 55.0 cm³/mol. The average molecular weight is 186 g/mol. The normalized spacial score (nSPS) is 14.2. The van der Waals surface area contributed by atoms with Gasteiger partial charge in [0.15, 0.2) is 0 Å². The van der Waals surface area contributed by atoms with Crippen molar-refractivity contribution >= 4 is 5.91 Å². The molecule has 0 aliphatic carbocycles. The topological polar surface area (TPSA) is 69.1 Å². The number of hydrogen-bond acceptors (Lipinski definition) is 2. The molecule has 0 unspecified atom stereocenters. The maximum Gasteiger partial charge on any atom is 0.218 e. The Morgan fingerprint density at radius 1 is 1.15 bits per heavy atom. The van der Waals surface area contributed by atoms with Gasteiger partial charge in [0.05, 0.1) is 0 Å². The van der Waals surface area contributed by atoms with Crippen molar-refractivity contribution in [2.75, 3.05) is 0 Å². The van der Waals surface area contributed by atoms with Crippen LogP contribution in [0, 0.1) is 17.8 Å².